The van der Waals surface area contributed by atoms with E-state index in [1.165, 1.54) is 18.7 Å². The summed E-state index contributed by atoms with van der Waals surface area (Å²) < 4.78 is 38.3. The molecule has 0 radical (unpaired) electrons. The van der Waals surface area contributed by atoms with Gasteiger partial charge in [-0.2, -0.15) is 4.98 Å². The Bertz CT molecular complexity index is 905. The minimum atomic E-state index is -3.49. The number of methoxy groups -OCH3 is 1. The molecule has 0 saturated heterocycles. The monoisotopic (exact) mass is 403 g/mol. The first kappa shape index (κ1) is 20.3. The lowest BCUT2D eigenvalue weighted by molar-refractivity contribution is 0.137. The first-order chi connectivity index (χ1) is 13.4. The lowest BCUT2D eigenvalue weighted by atomic mass is 9.94. The number of aryl methyl sites for hydroxylation is 1. The van der Waals surface area contributed by atoms with Gasteiger partial charge < -0.3 is 9.47 Å². The summed E-state index contributed by atoms with van der Waals surface area (Å²) in [7, 11) is -1.96. The third kappa shape index (κ3) is 6.03. The second kappa shape index (κ2) is 9.16. The van der Waals surface area contributed by atoms with Crippen molar-refractivity contribution in [3.63, 3.8) is 0 Å². The van der Waals surface area contributed by atoms with Gasteiger partial charge in [0.2, 0.25) is 21.8 Å². The van der Waals surface area contributed by atoms with Gasteiger partial charge in [0.05, 0.1) is 19.5 Å². The minimum Gasteiger partial charge on any atom is -0.480 e. The van der Waals surface area contributed by atoms with Crippen LogP contribution in [0.15, 0.2) is 42.1 Å². The van der Waals surface area contributed by atoms with Crippen molar-refractivity contribution in [1.29, 1.82) is 0 Å². The topological polar surface area (TPSA) is 90.4 Å². The molecule has 8 heteroatoms. The van der Waals surface area contributed by atoms with Crippen molar-refractivity contribution in [2.45, 2.75) is 44.8 Å². The zero-order valence-corrected chi connectivity index (χ0v) is 16.9. The van der Waals surface area contributed by atoms with E-state index in [9.17, 15) is 8.42 Å². The van der Waals surface area contributed by atoms with Crippen LogP contribution in [0.25, 0.3) is 6.08 Å². The van der Waals surface area contributed by atoms with Crippen molar-refractivity contribution >= 4 is 16.1 Å². The lowest BCUT2D eigenvalue weighted by Gasteiger charge is -2.28. The zero-order chi connectivity index (χ0) is 20.0. The summed E-state index contributed by atoms with van der Waals surface area (Å²) in [6.45, 7) is 1.99. The Kier molecular flexibility index (Phi) is 6.64. The highest BCUT2D eigenvalue weighted by Crippen LogP contribution is 2.24. The molecule has 1 heterocycles. The predicted molar refractivity (Wildman–Crippen MR) is 108 cm³/mol. The molecule has 0 aliphatic heterocycles. The van der Waals surface area contributed by atoms with E-state index >= 15 is 0 Å². The van der Waals surface area contributed by atoms with Gasteiger partial charge in [0.25, 0.3) is 0 Å². The molecule has 0 atom stereocenters. The van der Waals surface area contributed by atoms with Crippen molar-refractivity contribution in [3.8, 4) is 11.8 Å². The van der Waals surface area contributed by atoms with Crippen LogP contribution in [0.5, 0.6) is 11.8 Å². The summed E-state index contributed by atoms with van der Waals surface area (Å²) in [5.74, 6) is 0.823. The van der Waals surface area contributed by atoms with Gasteiger partial charge in [0.15, 0.2) is 0 Å². The molecule has 28 heavy (non-hydrogen) atoms. The fourth-order valence-corrected chi connectivity index (χ4v) is 4.19. The molecule has 0 spiro atoms. The van der Waals surface area contributed by atoms with Gasteiger partial charge >= 0.3 is 0 Å². The van der Waals surface area contributed by atoms with E-state index in [0.717, 1.165) is 24.0 Å². The molecule has 150 valence electrons. The maximum absolute atomic E-state index is 12.3. The first-order valence-corrected chi connectivity index (χ1v) is 10.8. The molecular formula is C20H25N3O4S. The third-order valence-electron chi connectivity index (χ3n) is 4.61. The molecular weight excluding hydrogens is 378 g/mol. The van der Waals surface area contributed by atoms with Crippen LogP contribution in [0.2, 0.25) is 0 Å². The van der Waals surface area contributed by atoms with Crippen LogP contribution < -0.4 is 14.2 Å². The van der Waals surface area contributed by atoms with Gasteiger partial charge in [-0.05, 0) is 44.2 Å². The average molecular weight is 404 g/mol. The number of aromatic nitrogens is 2. The SMILES string of the molecule is COc1cncc(OC2CCC(NS(=O)(=O)/C=C/c3ccc(C)cc3)CC2)n1. The van der Waals surface area contributed by atoms with E-state index in [2.05, 4.69) is 14.7 Å². The van der Waals surface area contributed by atoms with E-state index in [-0.39, 0.29) is 12.1 Å². The Labute approximate surface area is 165 Å². The Balaban J connectivity index is 1.49. The van der Waals surface area contributed by atoms with Gasteiger partial charge in [-0.3, -0.25) is 4.98 Å². The normalized spacial score (nSPS) is 20.2. The van der Waals surface area contributed by atoms with Gasteiger partial charge in [0, 0.05) is 11.4 Å². The van der Waals surface area contributed by atoms with Crippen molar-refractivity contribution in [1.82, 2.24) is 14.7 Å². The van der Waals surface area contributed by atoms with E-state index in [0.29, 0.717) is 24.6 Å². The van der Waals surface area contributed by atoms with Crippen LogP contribution >= 0.6 is 0 Å². The summed E-state index contributed by atoms with van der Waals surface area (Å²) in [5.41, 5.74) is 1.99. The molecule has 1 saturated carbocycles. The number of hydrogen-bond acceptors (Lipinski definition) is 6. The molecule has 1 N–H and O–H groups in total. The van der Waals surface area contributed by atoms with E-state index in [1.54, 1.807) is 12.3 Å². The van der Waals surface area contributed by atoms with Gasteiger partial charge in [-0.25, -0.2) is 13.1 Å². The van der Waals surface area contributed by atoms with Crippen LogP contribution in [-0.2, 0) is 10.0 Å². The molecule has 1 aliphatic rings. The largest absolute Gasteiger partial charge is 0.480 e. The summed E-state index contributed by atoms with van der Waals surface area (Å²) >= 11 is 0. The van der Waals surface area contributed by atoms with E-state index in [4.69, 9.17) is 9.47 Å². The van der Waals surface area contributed by atoms with Crippen molar-refractivity contribution in [2.24, 2.45) is 0 Å². The molecule has 3 rings (SSSR count). The van der Waals surface area contributed by atoms with Crippen molar-refractivity contribution < 1.29 is 17.9 Å². The number of ether oxygens (including phenoxy) is 2. The van der Waals surface area contributed by atoms with E-state index in [1.807, 2.05) is 31.2 Å². The summed E-state index contributed by atoms with van der Waals surface area (Å²) in [5, 5.41) is 1.23. The van der Waals surface area contributed by atoms with E-state index < -0.39 is 10.0 Å². The standard InChI is InChI=1S/C20H25N3O4S/c1-15-3-5-16(6-4-15)11-12-28(24,25)23-17-7-9-18(10-8-17)27-20-14-21-13-19(22-20)26-2/h3-6,11-14,17-18,23H,7-10H2,1-2H3/b12-11+. The summed E-state index contributed by atoms with van der Waals surface area (Å²) in [6.07, 6.45) is 7.57. The second-order valence-electron chi connectivity index (χ2n) is 6.87. The highest BCUT2D eigenvalue weighted by molar-refractivity contribution is 7.92. The van der Waals surface area contributed by atoms with Crippen LogP contribution in [-0.4, -0.2) is 37.6 Å². The molecule has 1 aromatic carbocycles. The summed E-state index contributed by atoms with van der Waals surface area (Å²) in [6, 6.07) is 7.60. The minimum absolute atomic E-state index is 0.00902. The quantitative estimate of drug-likeness (QED) is 0.764. The smallest absolute Gasteiger partial charge is 0.235 e. The molecule has 1 fully saturated rings. The lowest BCUT2D eigenvalue weighted by Crippen LogP contribution is -2.38. The van der Waals surface area contributed by atoms with Gasteiger partial charge in [0.1, 0.15) is 6.10 Å². The third-order valence-corrected chi connectivity index (χ3v) is 5.77. The second-order valence-corrected chi connectivity index (χ2v) is 8.47. The maximum Gasteiger partial charge on any atom is 0.235 e. The fourth-order valence-electron chi connectivity index (χ4n) is 3.07. The van der Waals surface area contributed by atoms with Crippen molar-refractivity contribution in [2.75, 3.05) is 7.11 Å². The van der Waals surface area contributed by atoms with Crippen LogP contribution in [0.1, 0.15) is 36.8 Å². The number of benzene rings is 1. The zero-order valence-electron chi connectivity index (χ0n) is 16.0. The molecule has 7 nitrogen and oxygen atoms in total. The average Bonchev–Trinajstić information content (AvgIpc) is 2.69. The predicted octanol–water partition coefficient (Wildman–Crippen LogP) is 3.07. The van der Waals surface area contributed by atoms with Crippen LogP contribution in [0, 0.1) is 6.92 Å². The number of hydrogen-bond donors (Lipinski definition) is 1. The molecule has 1 aromatic heterocycles. The molecule has 0 unspecified atom stereocenters. The van der Waals surface area contributed by atoms with Crippen molar-refractivity contribution in [3.05, 3.63) is 53.2 Å². The Morgan fingerprint density at radius 1 is 1.07 bits per heavy atom. The van der Waals surface area contributed by atoms with Gasteiger partial charge in [-0.1, -0.05) is 29.8 Å². The van der Waals surface area contributed by atoms with Crippen LogP contribution in [0.3, 0.4) is 0 Å². The molecule has 0 amide bonds. The molecule has 0 bridgehead atoms. The highest BCUT2D eigenvalue weighted by Gasteiger charge is 2.25. The Hall–Kier alpha value is -2.45. The fraction of sp³-hybridized carbons (Fsp3) is 0.400. The summed E-state index contributed by atoms with van der Waals surface area (Å²) in [4.78, 5) is 8.22. The first-order valence-electron chi connectivity index (χ1n) is 9.23. The highest BCUT2D eigenvalue weighted by atomic mass is 32.2. The Morgan fingerprint density at radius 3 is 2.43 bits per heavy atom. The van der Waals surface area contributed by atoms with Gasteiger partial charge in [-0.15, -0.1) is 0 Å². The molecule has 2 aromatic rings. The number of nitrogens with zero attached hydrogens (tertiary/aromatic N) is 2. The number of sulfonamides is 1. The number of nitrogens with one attached hydrogen (secondary N) is 1. The Morgan fingerprint density at radius 2 is 1.75 bits per heavy atom. The maximum atomic E-state index is 12.3. The molecule has 1 aliphatic carbocycles. The number of rotatable bonds is 7. The van der Waals surface area contributed by atoms with Crippen LogP contribution in [0.4, 0.5) is 0 Å².